The predicted molar refractivity (Wildman–Crippen MR) is 122 cm³/mol. The van der Waals surface area contributed by atoms with Crippen molar-refractivity contribution in [1.29, 1.82) is 0 Å². The van der Waals surface area contributed by atoms with Crippen LogP contribution in [0.2, 0.25) is 0 Å². The number of ether oxygens (including phenoxy) is 1. The van der Waals surface area contributed by atoms with E-state index in [0.29, 0.717) is 22.9 Å². The fourth-order valence-electron chi connectivity index (χ4n) is 3.21. The summed E-state index contributed by atoms with van der Waals surface area (Å²) in [6, 6.07) is 22.0. The molecule has 0 saturated carbocycles. The van der Waals surface area contributed by atoms with Crippen molar-refractivity contribution in [3.05, 3.63) is 95.7 Å². The first kappa shape index (κ1) is 21.1. The maximum absolute atomic E-state index is 12.7. The molecule has 0 bridgehead atoms. The summed E-state index contributed by atoms with van der Waals surface area (Å²) < 4.78 is 11.1. The lowest BCUT2D eigenvalue weighted by atomic mass is 10.1. The number of hydrogen-bond acceptors (Lipinski definition) is 5. The van der Waals surface area contributed by atoms with Gasteiger partial charge in [-0.3, -0.25) is 4.79 Å². The second kappa shape index (κ2) is 9.31. The Morgan fingerprint density at radius 3 is 2.47 bits per heavy atom. The molecule has 1 amide bonds. The smallest absolute Gasteiger partial charge is 0.339 e. The highest BCUT2D eigenvalue weighted by Gasteiger charge is 2.19. The lowest BCUT2D eigenvalue weighted by Crippen LogP contribution is -2.21. The minimum absolute atomic E-state index is 0.271. The van der Waals surface area contributed by atoms with E-state index in [4.69, 9.17) is 9.15 Å². The zero-order chi connectivity index (χ0) is 22.5. The second-order valence-electron chi connectivity index (χ2n) is 7.36. The molecule has 1 N–H and O–H groups in total. The SMILES string of the molecule is Cc1ccc(NC(=O)COC(=O)c2ccccc2-c2ncc(-c3ccccc3)o2)cc1C. The highest BCUT2D eigenvalue weighted by Crippen LogP contribution is 2.28. The summed E-state index contributed by atoms with van der Waals surface area (Å²) in [4.78, 5) is 29.3. The van der Waals surface area contributed by atoms with Crippen LogP contribution in [0.15, 0.2) is 83.4 Å². The van der Waals surface area contributed by atoms with Crippen molar-refractivity contribution >= 4 is 17.6 Å². The van der Waals surface area contributed by atoms with Gasteiger partial charge >= 0.3 is 5.97 Å². The molecular formula is C26H22N2O4. The lowest BCUT2D eigenvalue weighted by molar-refractivity contribution is -0.119. The molecular weight excluding hydrogens is 404 g/mol. The van der Waals surface area contributed by atoms with Crippen LogP contribution in [-0.4, -0.2) is 23.5 Å². The van der Waals surface area contributed by atoms with Gasteiger partial charge in [0.2, 0.25) is 5.89 Å². The molecule has 0 spiro atoms. The van der Waals surface area contributed by atoms with Gasteiger partial charge in [-0.15, -0.1) is 0 Å². The van der Waals surface area contributed by atoms with E-state index in [1.54, 1.807) is 30.5 Å². The third-order valence-corrected chi connectivity index (χ3v) is 5.07. The summed E-state index contributed by atoms with van der Waals surface area (Å²) in [6.07, 6.45) is 1.61. The van der Waals surface area contributed by atoms with Crippen LogP contribution < -0.4 is 5.32 Å². The van der Waals surface area contributed by atoms with Crippen molar-refractivity contribution in [2.75, 3.05) is 11.9 Å². The van der Waals surface area contributed by atoms with Gasteiger partial charge in [-0.1, -0.05) is 48.5 Å². The van der Waals surface area contributed by atoms with Gasteiger partial charge in [-0.2, -0.15) is 0 Å². The largest absolute Gasteiger partial charge is 0.452 e. The summed E-state index contributed by atoms with van der Waals surface area (Å²) in [5, 5.41) is 2.74. The summed E-state index contributed by atoms with van der Waals surface area (Å²) in [5.74, 6) is -0.149. The zero-order valence-corrected chi connectivity index (χ0v) is 17.8. The normalized spacial score (nSPS) is 10.6. The molecule has 4 rings (SSSR count). The molecule has 0 atom stereocenters. The molecule has 6 nitrogen and oxygen atoms in total. The predicted octanol–water partition coefficient (Wildman–Crippen LogP) is 5.42. The van der Waals surface area contributed by atoms with Crippen LogP contribution in [0.25, 0.3) is 22.8 Å². The number of carbonyl (C=O) groups is 2. The first-order chi connectivity index (χ1) is 15.5. The monoisotopic (exact) mass is 426 g/mol. The van der Waals surface area contributed by atoms with E-state index in [2.05, 4.69) is 10.3 Å². The molecule has 0 aliphatic rings. The molecule has 3 aromatic carbocycles. The highest BCUT2D eigenvalue weighted by atomic mass is 16.5. The number of anilines is 1. The quantitative estimate of drug-likeness (QED) is 0.416. The Morgan fingerprint density at radius 1 is 0.938 bits per heavy atom. The lowest BCUT2D eigenvalue weighted by Gasteiger charge is -2.09. The van der Waals surface area contributed by atoms with Gasteiger partial charge in [0, 0.05) is 11.3 Å². The van der Waals surface area contributed by atoms with E-state index in [1.807, 2.05) is 62.4 Å². The average Bonchev–Trinajstić information content (AvgIpc) is 3.31. The number of hydrogen-bond donors (Lipinski definition) is 1. The van der Waals surface area contributed by atoms with Crippen LogP contribution in [0.4, 0.5) is 5.69 Å². The molecule has 0 saturated heterocycles. The van der Waals surface area contributed by atoms with Crippen LogP contribution in [0.3, 0.4) is 0 Å². The van der Waals surface area contributed by atoms with E-state index < -0.39 is 18.5 Å². The fraction of sp³-hybridized carbons (Fsp3) is 0.115. The number of benzene rings is 3. The van der Waals surface area contributed by atoms with Gasteiger partial charge in [0.05, 0.1) is 17.3 Å². The molecule has 160 valence electrons. The first-order valence-electron chi connectivity index (χ1n) is 10.2. The molecule has 32 heavy (non-hydrogen) atoms. The fourth-order valence-corrected chi connectivity index (χ4v) is 3.21. The first-order valence-corrected chi connectivity index (χ1v) is 10.2. The molecule has 6 heteroatoms. The van der Waals surface area contributed by atoms with Crippen LogP contribution >= 0.6 is 0 Å². The maximum Gasteiger partial charge on any atom is 0.339 e. The summed E-state index contributed by atoms with van der Waals surface area (Å²) in [7, 11) is 0. The number of aromatic nitrogens is 1. The van der Waals surface area contributed by atoms with E-state index >= 15 is 0 Å². The number of nitrogens with one attached hydrogen (secondary N) is 1. The Bertz CT molecular complexity index is 1260. The van der Waals surface area contributed by atoms with Crippen LogP contribution in [0.5, 0.6) is 0 Å². The van der Waals surface area contributed by atoms with Crippen molar-refractivity contribution in [3.8, 4) is 22.8 Å². The van der Waals surface area contributed by atoms with Crippen LogP contribution in [0.1, 0.15) is 21.5 Å². The Hall–Kier alpha value is -4.19. The second-order valence-corrected chi connectivity index (χ2v) is 7.36. The van der Waals surface area contributed by atoms with Crippen LogP contribution in [0, 0.1) is 13.8 Å². The molecule has 4 aromatic rings. The van der Waals surface area contributed by atoms with Crippen molar-refractivity contribution in [3.63, 3.8) is 0 Å². The average molecular weight is 426 g/mol. The number of carbonyl (C=O) groups excluding carboxylic acids is 2. The number of rotatable bonds is 6. The summed E-state index contributed by atoms with van der Waals surface area (Å²) in [5.41, 5.74) is 4.50. The van der Waals surface area contributed by atoms with Gasteiger partial charge in [0.1, 0.15) is 0 Å². The third-order valence-electron chi connectivity index (χ3n) is 5.07. The van der Waals surface area contributed by atoms with E-state index in [1.165, 1.54) is 0 Å². The Balaban J connectivity index is 1.45. The number of esters is 1. The van der Waals surface area contributed by atoms with Gasteiger partial charge in [-0.25, -0.2) is 9.78 Å². The van der Waals surface area contributed by atoms with Crippen LogP contribution in [-0.2, 0) is 9.53 Å². The number of oxazole rings is 1. The molecule has 0 unspecified atom stereocenters. The van der Waals surface area contributed by atoms with E-state index in [0.717, 1.165) is 16.7 Å². The third kappa shape index (κ3) is 4.75. The Morgan fingerprint density at radius 2 is 1.69 bits per heavy atom. The topological polar surface area (TPSA) is 81.4 Å². The molecule has 0 radical (unpaired) electrons. The van der Waals surface area contributed by atoms with Gasteiger partial charge < -0.3 is 14.5 Å². The van der Waals surface area contributed by atoms with Gasteiger partial charge in [-0.05, 0) is 49.2 Å². The maximum atomic E-state index is 12.7. The molecule has 1 aromatic heterocycles. The highest BCUT2D eigenvalue weighted by molar-refractivity contribution is 5.99. The summed E-state index contributed by atoms with van der Waals surface area (Å²) in [6.45, 7) is 3.56. The van der Waals surface area contributed by atoms with Crippen molar-refractivity contribution < 1.29 is 18.7 Å². The standard InChI is InChI=1S/C26H22N2O4/c1-17-12-13-20(14-18(17)2)28-24(29)16-31-26(30)22-11-7-6-10-21(22)25-27-15-23(32-25)19-8-4-3-5-9-19/h3-15H,16H2,1-2H3,(H,28,29). The minimum Gasteiger partial charge on any atom is -0.452 e. The molecule has 1 heterocycles. The zero-order valence-electron chi connectivity index (χ0n) is 17.8. The molecule has 0 fully saturated rings. The van der Waals surface area contributed by atoms with Crippen molar-refractivity contribution in [2.45, 2.75) is 13.8 Å². The minimum atomic E-state index is -0.629. The van der Waals surface area contributed by atoms with Crippen molar-refractivity contribution in [1.82, 2.24) is 4.98 Å². The number of nitrogens with zero attached hydrogens (tertiary/aromatic N) is 1. The summed E-state index contributed by atoms with van der Waals surface area (Å²) >= 11 is 0. The van der Waals surface area contributed by atoms with Crippen molar-refractivity contribution in [2.24, 2.45) is 0 Å². The van der Waals surface area contributed by atoms with Gasteiger partial charge in [0.25, 0.3) is 5.91 Å². The number of aryl methyl sites for hydroxylation is 2. The van der Waals surface area contributed by atoms with E-state index in [9.17, 15) is 9.59 Å². The Labute approximate surface area is 185 Å². The molecule has 0 aliphatic heterocycles. The van der Waals surface area contributed by atoms with E-state index in [-0.39, 0.29) is 5.56 Å². The Kier molecular flexibility index (Phi) is 6.12. The molecule has 0 aliphatic carbocycles. The van der Waals surface area contributed by atoms with Gasteiger partial charge in [0.15, 0.2) is 12.4 Å². The number of amides is 1.